The van der Waals surface area contributed by atoms with Crippen molar-refractivity contribution in [2.24, 2.45) is 11.6 Å². The number of benzene rings is 1. The Morgan fingerprint density at radius 2 is 2.04 bits per heavy atom. The summed E-state index contributed by atoms with van der Waals surface area (Å²) in [5.41, 5.74) is 11.3. The van der Waals surface area contributed by atoms with Crippen LogP contribution in [-0.2, 0) is 17.9 Å². The number of hydrogen-bond donors (Lipinski definition) is 4. The van der Waals surface area contributed by atoms with Gasteiger partial charge in [-0.25, -0.2) is 5.43 Å². The maximum atomic E-state index is 11.9. The van der Waals surface area contributed by atoms with E-state index in [1.807, 2.05) is 13.0 Å². The van der Waals surface area contributed by atoms with Gasteiger partial charge in [0.2, 0.25) is 0 Å². The molecule has 0 aliphatic rings. The van der Waals surface area contributed by atoms with Crippen molar-refractivity contribution in [2.45, 2.75) is 24.5 Å². The summed E-state index contributed by atoms with van der Waals surface area (Å²) in [6.07, 6.45) is 2.78. The largest absolute Gasteiger partial charge is 0.593 e. The molecule has 0 amide bonds. The van der Waals surface area contributed by atoms with Gasteiger partial charge in [-0.05, 0) is 24.6 Å². The zero-order valence-corrected chi connectivity index (χ0v) is 14.5. The van der Waals surface area contributed by atoms with Crippen LogP contribution in [0.4, 0.5) is 0 Å². The van der Waals surface area contributed by atoms with E-state index in [4.69, 9.17) is 16.8 Å². The van der Waals surface area contributed by atoms with Gasteiger partial charge in [0, 0.05) is 6.20 Å². The van der Waals surface area contributed by atoms with E-state index in [0.29, 0.717) is 17.1 Å². The normalized spacial score (nSPS) is 13.4. The van der Waals surface area contributed by atoms with Crippen LogP contribution in [0.5, 0.6) is 0 Å². The average molecular weight is 360 g/mol. The number of hydrazine groups is 2. The Hall–Kier alpha value is -2.10. The van der Waals surface area contributed by atoms with Gasteiger partial charge in [0.25, 0.3) is 0 Å². The summed E-state index contributed by atoms with van der Waals surface area (Å²) >= 11 is -1.43. The lowest BCUT2D eigenvalue weighted by atomic mass is 10.2. The number of aromatic nitrogens is 2. The van der Waals surface area contributed by atoms with Crippen molar-refractivity contribution in [1.82, 2.24) is 25.2 Å². The fourth-order valence-electron chi connectivity index (χ4n) is 1.95. The Bertz CT molecular complexity index is 703. The molecule has 2 rings (SSSR count). The van der Waals surface area contributed by atoms with Gasteiger partial charge in [-0.15, -0.1) is 4.72 Å². The van der Waals surface area contributed by atoms with Gasteiger partial charge in [0.05, 0.1) is 47.7 Å². The van der Waals surface area contributed by atoms with Crippen molar-refractivity contribution >= 4 is 11.4 Å². The van der Waals surface area contributed by atoms with Crippen LogP contribution >= 0.6 is 0 Å². The highest BCUT2D eigenvalue weighted by Crippen LogP contribution is 2.14. The van der Waals surface area contributed by atoms with Crippen molar-refractivity contribution in [3.8, 4) is 6.07 Å². The van der Waals surface area contributed by atoms with Gasteiger partial charge in [0.15, 0.2) is 4.90 Å². The fourth-order valence-corrected chi connectivity index (χ4v) is 2.70. The van der Waals surface area contributed by atoms with Gasteiger partial charge >= 0.3 is 0 Å². The molecule has 1 aromatic heterocycles. The van der Waals surface area contributed by atoms with Crippen molar-refractivity contribution in [2.75, 3.05) is 6.54 Å². The molecule has 132 valence electrons. The molecule has 0 bridgehead atoms. The number of nitrogens with one attached hydrogen (secondary N) is 2. The van der Waals surface area contributed by atoms with E-state index in [1.165, 1.54) is 5.12 Å². The molecular weight excluding hydrogens is 340 g/mol. The van der Waals surface area contributed by atoms with Gasteiger partial charge in [-0.3, -0.25) is 15.8 Å². The number of nitriles is 1. The van der Waals surface area contributed by atoms with Crippen LogP contribution in [0.25, 0.3) is 0 Å². The molecule has 10 heteroatoms. The Morgan fingerprint density at radius 3 is 2.64 bits per heavy atom. The van der Waals surface area contributed by atoms with Crippen LogP contribution < -0.4 is 21.7 Å². The van der Waals surface area contributed by atoms with Crippen LogP contribution in [0.2, 0.25) is 0 Å². The second kappa shape index (κ2) is 9.40. The predicted molar refractivity (Wildman–Crippen MR) is 93.0 cm³/mol. The summed E-state index contributed by atoms with van der Waals surface area (Å²) in [5, 5.41) is 9.82. The second-order valence-electron chi connectivity index (χ2n) is 5.20. The van der Waals surface area contributed by atoms with Crippen LogP contribution in [-0.4, -0.2) is 26.2 Å². The first-order valence-corrected chi connectivity index (χ1v) is 8.58. The molecule has 1 aromatic carbocycles. The van der Waals surface area contributed by atoms with Crippen molar-refractivity contribution in [3.05, 3.63) is 53.6 Å². The molecule has 0 fully saturated rings. The van der Waals surface area contributed by atoms with Gasteiger partial charge in [-0.2, -0.15) is 10.4 Å². The van der Waals surface area contributed by atoms with Gasteiger partial charge in [-0.1, -0.05) is 12.1 Å². The van der Waals surface area contributed by atoms with E-state index in [0.717, 1.165) is 11.3 Å². The zero-order valence-electron chi connectivity index (χ0n) is 13.7. The topological polar surface area (TPSA) is 152 Å². The maximum Gasteiger partial charge on any atom is 0.173 e. The molecular formula is C15H20N8OS. The monoisotopic (exact) mass is 360 g/mol. The van der Waals surface area contributed by atoms with E-state index in [9.17, 15) is 4.55 Å². The molecule has 0 spiro atoms. The minimum Gasteiger partial charge on any atom is -0.593 e. The third kappa shape index (κ3) is 6.04. The predicted octanol–water partition coefficient (Wildman–Crippen LogP) is -0.241. The first-order valence-electron chi connectivity index (χ1n) is 7.43. The third-order valence-electron chi connectivity index (χ3n) is 3.21. The summed E-state index contributed by atoms with van der Waals surface area (Å²) in [5.74, 6) is 5.90. The van der Waals surface area contributed by atoms with Crippen LogP contribution in [0.1, 0.15) is 23.1 Å². The Morgan fingerprint density at radius 1 is 1.32 bits per heavy atom. The van der Waals surface area contributed by atoms with E-state index in [2.05, 4.69) is 20.1 Å². The van der Waals surface area contributed by atoms with Crippen molar-refractivity contribution < 1.29 is 4.55 Å². The third-order valence-corrected chi connectivity index (χ3v) is 4.31. The number of hydrogen-bond acceptors (Lipinski definition) is 9. The summed E-state index contributed by atoms with van der Waals surface area (Å²) in [6.45, 7) is 2.21. The number of rotatable bonds is 8. The van der Waals surface area contributed by atoms with Crippen LogP contribution in [0, 0.1) is 18.3 Å². The lowest BCUT2D eigenvalue weighted by molar-refractivity contribution is 0.150. The quantitative estimate of drug-likeness (QED) is 0.164. The lowest BCUT2D eigenvalue weighted by Crippen LogP contribution is -2.47. The molecule has 0 aliphatic heterocycles. The zero-order chi connectivity index (χ0) is 18.2. The Kier molecular flexibility index (Phi) is 7.23. The molecule has 0 saturated carbocycles. The molecule has 1 heterocycles. The standard InChI is InChI=1S/C15H20N8OS/c1-11-8-20-13(9-19-11)10-23(18)22-15(17)12-2-4-14(5-3-12)25(24)21-7-6-16/h2-5,8-9,15,21-22H,7,10,17-18H2,1H3. The highest BCUT2D eigenvalue weighted by molar-refractivity contribution is 7.89. The molecule has 25 heavy (non-hydrogen) atoms. The first-order chi connectivity index (χ1) is 12.0. The van der Waals surface area contributed by atoms with Crippen LogP contribution in [0.15, 0.2) is 41.6 Å². The summed E-state index contributed by atoms with van der Waals surface area (Å²) in [7, 11) is 0. The second-order valence-corrected chi connectivity index (χ2v) is 6.50. The minimum absolute atomic E-state index is 0.0134. The molecule has 2 aromatic rings. The van der Waals surface area contributed by atoms with Crippen molar-refractivity contribution in [3.63, 3.8) is 0 Å². The Labute approximate surface area is 149 Å². The molecule has 6 N–H and O–H groups in total. The van der Waals surface area contributed by atoms with Gasteiger partial charge < -0.3 is 10.3 Å². The summed E-state index contributed by atoms with van der Waals surface area (Å²) < 4.78 is 14.4. The lowest BCUT2D eigenvalue weighted by Gasteiger charge is -2.22. The smallest absolute Gasteiger partial charge is 0.173 e. The van der Waals surface area contributed by atoms with Crippen molar-refractivity contribution in [1.29, 1.82) is 5.26 Å². The molecule has 0 saturated heterocycles. The van der Waals surface area contributed by atoms with E-state index in [1.54, 1.807) is 36.7 Å². The number of aryl methyl sites for hydroxylation is 1. The van der Waals surface area contributed by atoms with E-state index in [-0.39, 0.29) is 6.54 Å². The highest BCUT2D eigenvalue weighted by Gasteiger charge is 2.13. The number of nitrogens with two attached hydrogens (primary N) is 2. The maximum absolute atomic E-state index is 11.9. The fraction of sp³-hybridized carbons (Fsp3) is 0.267. The highest BCUT2D eigenvalue weighted by atomic mass is 32.2. The van der Waals surface area contributed by atoms with Gasteiger partial charge in [0.1, 0.15) is 6.54 Å². The van der Waals surface area contributed by atoms with E-state index < -0.39 is 17.5 Å². The summed E-state index contributed by atoms with van der Waals surface area (Å²) in [6, 6.07) is 8.74. The number of nitrogens with zero attached hydrogens (tertiary/aromatic N) is 4. The Balaban J connectivity index is 1.90. The SMILES string of the molecule is Cc1cnc(CN(N)NC(N)c2ccc([S+]([O-])NCC#N)cc2)cn1. The van der Waals surface area contributed by atoms with Crippen LogP contribution in [0.3, 0.4) is 0 Å². The molecule has 9 nitrogen and oxygen atoms in total. The summed E-state index contributed by atoms with van der Waals surface area (Å²) in [4.78, 5) is 8.94. The van der Waals surface area contributed by atoms with E-state index >= 15 is 0 Å². The first kappa shape index (κ1) is 19.2. The minimum atomic E-state index is -1.43. The average Bonchev–Trinajstić information content (AvgIpc) is 2.61. The molecule has 2 atom stereocenters. The molecule has 0 aliphatic carbocycles. The molecule has 0 radical (unpaired) electrons. The molecule has 2 unspecified atom stereocenters.